The number of alkyl halides is 3. The molecule has 0 amide bonds. The molecule has 0 unspecified atom stereocenters. The van der Waals surface area contributed by atoms with Crippen LogP contribution in [0.5, 0.6) is 0 Å². The zero-order valence-electron chi connectivity index (χ0n) is 11.8. The third kappa shape index (κ3) is 2.56. The van der Waals surface area contributed by atoms with Gasteiger partial charge in [-0.1, -0.05) is 43.9 Å². The van der Waals surface area contributed by atoms with Crippen LogP contribution in [-0.2, 0) is 6.18 Å². The fourth-order valence-electron chi connectivity index (χ4n) is 2.75. The van der Waals surface area contributed by atoms with Crippen LogP contribution in [0.2, 0.25) is 19.6 Å². The van der Waals surface area contributed by atoms with Crippen molar-refractivity contribution in [3.63, 3.8) is 0 Å². The molecule has 20 heavy (non-hydrogen) atoms. The van der Waals surface area contributed by atoms with E-state index in [1.807, 2.05) is 12.2 Å². The second kappa shape index (κ2) is 4.74. The summed E-state index contributed by atoms with van der Waals surface area (Å²) in [6, 6.07) is 5.17. The monoisotopic (exact) mass is 300 g/mol. The van der Waals surface area contributed by atoms with E-state index in [-0.39, 0.29) is 5.92 Å². The van der Waals surface area contributed by atoms with Gasteiger partial charge in [0.25, 0.3) is 0 Å². The highest BCUT2D eigenvalue weighted by molar-refractivity contribution is 6.79. The van der Waals surface area contributed by atoms with Gasteiger partial charge in [-0.25, -0.2) is 0 Å². The van der Waals surface area contributed by atoms with E-state index in [1.165, 1.54) is 12.1 Å². The van der Waals surface area contributed by atoms with Crippen LogP contribution < -0.4 is 0 Å². The van der Waals surface area contributed by atoms with Crippen molar-refractivity contribution in [1.29, 1.82) is 0 Å². The van der Waals surface area contributed by atoms with Gasteiger partial charge < -0.3 is 5.11 Å². The van der Waals surface area contributed by atoms with Gasteiger partial charge in [-0.2, -0.15) is 13.2 Å². The molecular weight excluding hydrogens is 281 g/mol. The summed E-state index contributed by atoms with van der Waals surface area (Å²) in [6.45, 7) is 6.21. The summed E-state index contributed by atoms with van der Waals surface area (Å²) in [7, 11) is -1.90. The molecule has 0 spiro atoms. The molecule has 0 aliphatic heterocycles. The van der Waals surface area contributed by atoms with Gasteiger partial charge in [0.05, 0.1) is 18.9 Å². The Morgan fingerprint density at radius 3 is 2.15 bits per heavy atom. The lowest BCUT2D eigenvalue weighted by Crippen LogP contribution is -2.53. The van der Waals surface area contributed by atoms with E-state index in [2.05, 4.69) is 19.6 Å². The average Bonchev–Trinajstić information content (AvgIpc) is 2.71. The highest BCUT2D eigenvalue weighted by atomic mass is 28.3. The lowest BCUT2D eigenvalue weighted by Gasteiger charge is -2.40. The molecule has 1 N–H and O–H groups in total. The maximum Gasteiger partial charge on any atom is 0.416 e. The smallest absolute Gasteiger partial charge is 0.389 e. The SMILES string of the molecule is C[Si](C)(C)[C@@]1(O)C=CC[C@H]1c1ccc(C(F)(F)F)cc1. The molecule has 1 aliphatic rings. The highest BCUT2D eigenvalue weighted by Gasteiger charge is 2.48. The molecule has 5 heteroatoms. The quantitative estimate of drug-likeness (QED) is 0.635. The summed E-state index contributed by atoms with van der Waals surface area (Å²) in [5.41, 5.74) is 0.122. The van der Waals surface area contributed by atoms with E-state index >= 15 is 0 Å². The molecule has 110 valence electrons. The van der Waals surface area contributed by atoms with Gasteiger partial charge in [-0.3, -0.25) is 0 Å². The van der Waals surface area contributed by atoms with Crippen LogP contribution in [0.25, 0.3) is 0 Å². The lowest BCUT2D eigenvalue weighted by molar-refractivity contribution is -0.137. The third-order valence-corrected chi connectivity index (χ3v) is 7.03. The largest absolute Gasteiger partial charge is 0.416 e. The molecule has 1 aromatic carbocycles. The first kappa shape index (κ1) is 15.3. The molecule has 0 saturated heterocycles. The van der Waals surface area contributed by atoms with E-state index in [4.69, 9.17) is 0 Å². The maximum absolute atomic E-state index is 12.6. The number of allylic oxidation sites excluding steroid dienone is 1. The first-order valence-electron chi connectivity index (χ1n) is 6.63. The Labute approximate surface area is 118 Å². The number of halogens is 3. The van der Waals surface area contributed by atoms with Crippen LogP contribution >= 0.6 is 0 Å². The predicted octanol–water partition coefficient (Wildman–Crippen LogP) is 4.36. The normalized spacial score (nSPS) is 27.1. The van der Waals surface area contributed by atoms with Crippen molar-refractivity contribution in [2.75, 3.05) is 0 Å². The van der Waals surface area contributed by atoms with E-state index in [0.717, 1.165) is 17.7 Å². The van der Waals surface area contributed by atoms with Crippen molar-refractivity contribution in [1.82, 2.24) is 0 Å². The first-order chi connectivity index (χ1) is 9.06. The molecular formula is C15H19F3OSi. The fourth-order valence-corrected chi connectivity index (χ4v) is 4.69. The lowest BCUT2D eigenvalue weighted by atomic mass is 9.93. The minimum Gasteiger partial charge on any atom is -0.389 e. The molecule has 0 radical (unpaired) electrons. The molecule has 2 atom stereocenters. The molecule has 0 bridgehead atoms. The number of rotatable bonds is 2. The van der Waals surface area contributed by atoms with Crippen LogP contribution in [0.4, 0.5) is 13.2 Å². The Kier molecular flexibility index (Phi) is 3.63. The molecule has 2 rings (SSSR count). The molecule has 0 aromatic heterocycles. The molecule has 0 heterocycles. The summed E-state index contributed by atoms with van der Waals surface area (Å²) < 4.78 is 37.7. The Morgan fingerprint density at radius 1 is 1.15 bits per heavy atom. The van der Waals surface area contributed by atoms with Gasteiger partial charge in [-0.05, 0) is 24.1 Å². The number of aliphatic hydroxyl groups is 1. The Balaban J connectivity index is 2.33. The van der Waals surface area contributed by atoms with Crippen molar-refractivity contribution in [3.8, 4) is 0 Å². The summed E-state index contributed by atoms with van der Waals surface area (Å²) in [5, 5.41) is 10.0. The first-order valence-corrected chi connectivity index (χ1v) is 10.1. The zero-order valence-corrected chi connectivity index (χ0v) is 12.8. The second-order valence-corrected chi connectivity index (χ2v) is 11.7. The average molecular weight is 300 g/mol. The van der Waals surface area contributed by atoms with E-state index < -0.39 is 25.0 Å². The molecule has 1 nitrogen and oxygen atoms in total. The number of benzene rings is 1. The Morgan fingerprint density at radius 2 is 1.70 bits per heavy atom. The summed E-state index contributed by atoms with van der Waals surface area (Å²) in [5.74, 6) is -0.142. The minimum atomic E-state index is -4.32. The summed E-state index contributed by atoms with van der Waals surface area (Å²) >= 11 is 0. The third-order valence-electron chi connectivity index (χ3n) is 4.12. The maximum atomic E-state index is 12.6. The van der Waals surface area contributed by atoms with Gasteiger partial charge in [0, 0.05) is 5.92 Å². The van der Waals surface area contributed by atoms with Crippen LogP contribution in [-0.4, -0.2) is 18.4 Å². The van der Waals surface area contributed by atoms with Crippen LogP contribution in [0.1, 0.15) is 23.5 Å². The minimum absolute atomic E-state index is 0.142. The summed E-state index contributed by atoms with van der Waals surface area (Å²) in [6.07, 6.45) is 0.121. The topological polar surface area (TPSA) is 20.2 Å². The van der Waals surface area contributed by atoms with E-state index in [1.54, 1.807) is 0 Å². The van der Waals surface area contributed by atoms with Crippen molar-refractivity contribution in [2.24, 2.45) is 0 Å². The van der Waals surface area contributed by atoms with Crippen molar-refractivity contribution >= 4 is 8.07 Å². The van der Waals surface area contributed by atoms with Crippen LogP contribution in [0, 0.1) is 0 Å². The standard InChI is InChI=1S/C15H19F3OSi/c1-20(2,3)14(19)10-4-5-13(14)11-6-8-12(9-7-11)15(16,17)18/h4,6-10,13,19H,5H2,1-3H3/t13-,14-/m0/s1. The van der Waals surface area contributed by atoms with Crippen LogP contribution in [0.3, 0.4) is 0 Å². The Hall–Kier alpha value is -1.07. The van der Waals surface area contributed by atoms with Crippen molar-refractivity contribution in [2.45, 2.75) is 43.4 Å². The zero-order chi connectivity index (χ0) is 15.2. The van der Waals surface area contributed by atoms with E-state index in [0.29, 0.717) is 6.42 Å². The van der Waals surface area contributed by atoms with E-state index in [9.17, 15) is 18.3 Å². The van der Waals surface area contributed by atoms with Gasteiger partial charge in [0.15, 0.2) is 0 Å². The van der Waals surface area contributed by atoms with Gasteiger partial charge in [-0.15, -0.1) is 0 Å². The number of hydrogen-bond donors (Lipinski definition) is 1. The molecule has 0 fully saturated rings. The molecule has 1 aliphatic carbocycles. The van der Waals surface area contributed by atoms with Gasteiger partial charge >= 0.3 is 6.18 Å². The summed E-state index contributed by atoms with van der Waals surface area (Å²) in [4.78, 5) is 0. The van der Waals surface area contributed by atoms with Gasteiger partial charge in [0.2, 0.25) is 0 Å². The molecule has 1 aromatic rings. The fraction of sp³-hybridized carbons (Fsp3) is 0.467. The second-order valence-electron chi connectivity index (χ2n) is 6.39. The van der Waals surface area contributed by atoms with Gasteiger partial charge in [0.1, 0.15) is 0 Å². The van der Waals surface area contributed by atoms with Crippen LogP contribution in [0.15, 0.2) is 36.4 Å². The van der Waals surface area contributed by atoms with Crippen molar-refractivity contribution < 1.29 is 18.3 Å². The Bertz CT molecular complexity index is 513. The number of hydrogen-bond acceptors (Lipinski definition) is 1. The molecule has 0 saturated carbocycles. The highest BCUT2D eigenvalue weighted by Crippen LogP contribution is 2.44. The predicted molar refractivity (Wildman–Crippen MR) is 76.2 cm³/mol. The van der Waals surface area contributed by atoms with Crippen molar-refractivity contribution in [3.05, 3.63) is 47.5 Å².